The monoisotopic (exact) mass is 396 g/mol. The van der Waals surface area contributed by atoms with Crippen LogP contribution < -0.4 is 19.7 Å². The summed E-state index contributed by atoms with van der Waals surface area (Å²) in [6.07, 6.45) is 1.76. The predicted octanol–water partition coefficient (Wildman–Crippen LogP) is 2.12. The summed E-state index contributed by atoms with van der Waals surface area (Å²) in [5.74, 6) is 1.59. The van der Waals surface area contributed by atoms with E-state index >= 15 is 0 Å². The largest absolute Gasteiger partial charge is 0.454 e. The normalized spacial score (nSPS) is 15.9. The molecule has 8 heteroatoms. The Morgan fingerprint density at radius 1 is 1.03 bits per heavy atom. The van der Waals surface area contributed by atoms with E-state index in [1.807, 2.05) is 18.2 Å². The maximum absolute atomic E-state index is 13.1. The fourth-order valence-electron chi connectivity index (χ4n) is 3.43. The summed E-state index contributed by atoms with van der Waals surface area (Å²) in [4.78, 5) is 34.2. The van der Waals surface area contributed by atoms with Gasteiger partial charge in [-0.25, -0.2) is 4.98 Å². The van der Waals surface area contributed by atoms with Crippen LogP contribution >= 0.6 is 0 Å². The Morgan fingerprint density at radius 3 is 2.52 bits per heavy atom. The van der Waals surface area contributed by atoms with E-state index in [0.29, 0.717) is 43.4 Å². The molecule has 0 radical (unpaired) electrons. The van der Waals surface area contributed by atoms with Gasteiger partial charge in [-0.2, -0.15) is 0 Å². The number of anilines is 2. The first-order valence-corrected chi connectivity index (χ1v) is 9.61. The molecule has 0 spiro atoms. The number of fused-ring (bicyclic) bond motifs is 1. The Balaban J connectivity index is 1.38. The van der Waals surface area contributed by atoms with E-state index in [1.54, 1.807) is 43.1 Å². The Morgan fingerprint density at radius 2 is 1.79 bits per heavy atom. The first kappa shape index (κ1) is 19.0. The number of piperazine rings is 1. The number of amides is 2. The lowest BCUT2D eigenvalue weighted by molar-refractivity contribution is -0.146. The van der Waals surface area contributed by atoms with Gasteiger partial charge < -0.3 is 24.6 Å². The Bertz CT molecular complexity index is 908. The molecular formula is C21H24N4O4. The maximum atomic E-state index is 13.1. The topological polar surface area (TPSA) is 84.0 Å². The van der Waals surface area contributed by atoms with Crippen LogP contribution in [0.1, 0.15) is 13.8 Å². The van der Waals surface area contributed by atoms with Crippen LogP contribution in [0.2, 0.25) is 0 Å². The lowest BCUT2D eigenvalue weighted by Crippen LogP contribution is -2.54. The molecule has 0 unspecified atom stereocenters. The molecule has 0 aliphatic carbocycles. The number of nitrogens with zero attached hydrogens (tertiary/aromatic N) is 3. The number of benzene rings is 1. The van der Waals surface area contributed by atoms with Gasteiger partial charge in [-0.05, 0) is 38.1 Å². The second kappa shape index (κ2) is 7.62. The van der Waals surface area contributed by atoms with Gasteiger partial charge in [0.15, 0.2) is 11.5 Å². The zero-order valence-corrected chi connectivity index (χ0v) is 16.6. The summed E-state index contributed by atoms with van der Waals surface area (Å²) < 4.78 is 10.6. The van der Waals surface area contributed by atoms with E-state index in [1.165, 1.54) is 0 Å². The number of aromatic nitrogens is 1. The second-order valence-electron chi connectivity index (χ2n) is 7.61. The molecule has 0 bridgehead atoms. The minimum Gasteiger partial charge on any atom is -0.454 e. The Labute approximate surface area is 169 Å². The van der Waals surface area contributed by atoms with Crippen molar-refractivity contribution >= 4 is 23.3 Å². The fraction of sp³-hybridized carbons (Fsp3) is 0.381. The van der Waals surface area contributed by atoms with Crippen LogP contribution in [0.15, 0.2) is 42.6 Å². The highest BCUT2D eigenvalue weighted by molar-refractivity contribution is 6.10. The first-order valence-electron chi connectivity index (χ1n) is 9.61. The molecular weight excluding hydrogens is 372 g/mol. The van der Waals surface area contributed by atoms with Crippen LogP contribution in [-0.4, -0.2) is 54.7 Å². The van der Waals surface area contributed by atoms with Crippen LogP contribution in [0.5, 0.6) is 11.5 Å². The molecule has 2 amide bonds. The average Bonchev–Trinajstić information content (AvgIpc) is 3.22. The zero-order chi connectivity index (χ0) is 20.4. The van der Waals surface area contributed by atoms with Gasteiger partial charge in [0.05, 0.1) is 0 Å². The van der Waals surface area contributed by atoms with Gasteiger partial charge in [-0.3, -0.25) is 9.59 Å². The van der Waals surface area contributed by atoms with Crippen molar-refractivity contribution in [2.75, 3.05) is 43.2 Å². The third kappa shape index (κ3) is 3.83. The quantitative estimate of drug-likeness (QED) is 0.797. The van der Waals surface area contributed by atoms with Crippen molar-refractivity contribution in [3.8, 4) is 11.5 Å². The molecule has 0 atom stereocenters. The fourth-order valence-corrected chi connectivity index (χ4v) is 3.43. The van der Waals surface area contributed by atoms with Crippen molar-refractivity contribution < 1.29 is 19.1 Å². The molecule has 3 heterocycles. The Kier molecular flexibility index (Phi) is 5.00. The third-order valence-electron chi connectivity index (χ3n) is 5.27. The number of rotatable bonds is 4. The number of hydrogen-bond acceptors (Lipinski definition) is 6. The van der Waals surface area contributed by atoms with Crippen LogP contribution in [-0.2, 0) is 9.59 Å². The minimum atomic E-state index is -1.19. The molecule has 4 rings (SSSR count). The molecule has 2 aliphatic rings. The lowest BCUT2D eigenvalue weighted by atomic mass is 9.89. The van der Waals surface area contributed by atoms with E-state index in [2.05, 4.69) is 15.2 Å². The molecule has 152 valence electrons. The summed E-state index contributed by atoms with van der Waals surface area (Å²) in [7, 11) is 0. The number of carbonyl (C=O) groups is 2. The number of nitrogens with one attached hydrogen (secondary N) is 1. The number of ether oxygens (including phenoxy) is 2. The van der Waals surface area contributed by atoms with Crippen molar-refractivity contribution in [3.05, 3.63) is 42.6 Å². The number of pyridine rings is 1. The van der Waals surface area contributed by atoms with E-state index in [9.17, 15) is 9.59 Å². The van der Waals surface area contributed by atoms with Gasteiger partial charge >= 0.3 is 0 Å². The average molecular weight is 396 g/mol. The highest BCUT2D eigenvalue weighted by atomic mass is 16.7. The van der Waals surface area contributed by atoms with Crippen molar-refractivity contribution in [1.82, 2.24) is 9.88 Å². The maximum Gasteiger partial charge on any atom is 0.239 e. The molecule has 1 aromatic carbocycles. The van der Waals surface area contributed by atoms with Gasteiger partial charge in [0.25, 0.3) is 0 Å². The smallest absolute Gasteiger partial charge is 0.239 e. The first-order chi connectivity index (χ1) is 13.9. The van der Waals surface area contributed by atoms with Crippen LogP contribution in [0.3, 0.4) is 0 Å². The van der Waals surface area contributed by atoms with Crippen molar-refractivity contribution in [2.24, 2.45) is 5.41 Å². The van der Waals surface area contributed by atoms with Crippen molar-refractivity contribution in [2.45, 2.75) is 13.8 Å². The van der Waals surface area contributed by atoms with E-state index in [-0.39, 0.29) is 18.6 Å². The summed E-state index contributed by atoms with van der Waals surface area (Å²) in [6, 6.07) is 11.0. The zero-order valence-electron chi connectivity index (χ0n) is 16.6. The molecule has 0 saturated carbocycles. The van der Waals surface area contributed by atoms with Gasteiger partial charge in [-0.15, -0.1) is 0 Å². The van der Waals surface area contributed by atoms with Gasteiger partial charge in [0.1, 0.15) is 11.2 Å². The third-order valence-corrected chi connectivity index (χ3v) is 5.27. The minimum absolute atomic E-state index is 0.168. The van der Waals surface area contributed by atoms with Gasteiger partial charge in [-0.1, -0.05) is 6.07 Å². The van der Waals surface area contributed by atoms with Crippen LogP contribution in [0, 0.1) is 5.41 Å². The molecule has 1 saturated heterocycles. The SMILES string of the molecule is CC(C)(C(=O)Nc1ccc2c(c1)OCO2)C(=O)N1CCN(c2ccccn2)CC1. The second-order valence-corrected chi connectivity index (χ2v) is 7.61. The summed E-state index contributed by atoms with van der Waals surface area (Å²) in [6.45, 7) is 5.95. The van der Waals surface area contributed by atoms with E-state index in [0.717, 1.165) is 5.82 Å². The summed E-state index contributed by atoms with van der Waals surface area (Å²) >= 11 is 0. The number of carbonyl (C=O) groups excluding carboxylic acids is 2. The summed E-state index contributed by atoms with van der Waals surface area (Å²) in [5, 5.41) is 2.82. The highest BCUT2D eigenvalue weighted by Gasteiger charge is 2.40. The predicted molar refractivity (Wildman–Crippen MR) is 108 cm³/mol. The highest BCUT2D eigenvalue weighted by Crippen LogP contribution is 2.35. The van der Waals surface area contributed by atoms with Gasteiger partial charge in [0, 0.05) is 44.1 Å². The van der Waals surface area contributed by atoms with Crippen LogP contribution in [0.4, 0.5) is 11.5 Å². The Hall–Kier alpha value is -3.29. The lowest BCUT2D eigenvalue weighted by Gasteiger charge is -2.38. The van der Waals surface area contributed by atoms with Crippen LogP contribution in [0.25, 0.3) is 0 Å². The molecule has 8 nitrogen and oxygen atoms in total. The molecule has 1 N–H and O–H groups in total. The van der Waals surface area contributed by atoms with Gasteiger partial charge in [0.2, 0.25) is 18.6 Å². The molecule has 1 aromatic heterocycles. The summed E-state index contributed by atoms with van der Waals surface area (Å²) in [5.41, 5.74) is -0.621. The van der Waals surface area contributed by atoms with E-state index in [4.69, 9.17) is 9.47 Å². The van der Waals surface area contributed by atoms with E-state index < -0.39 is 5.41 Å². The molecule has 29 heavy (non-hydrogen) atoms. The molecule has 2 aliphatic heterocycles. The molecule has 1 fully saturated rings. The van der Waals surface area contributed by atoms with Crippen molar-refractivity contribution in [3.63, 3.8) is 0 Å². The van der Waals surface area contributed by atoms with Crippen molar-refractivity contribution in [1.29, 1.82) is 0 Å². The number of hydrogen-bond donors (Lipinski definition) is 1. The standard InChI is InChI=1S/C21H24N4O4/c1-21(2,19(26)23-15-6-7-16-17(13-15)29-14-28-16)20(27)25-11-9-24(10-12-25)18-5-3-4-8-22-18/h3-8,13H,9-12,14H2,1-2H3,(H,23,26). The molecule has 2 aromatic rings.